The minimum absolute atomic E-state index is 0.1000. The van der Waals surface area contributed by atoms with Gasteiger partial charge in [0.25, 0.3) is 0 Å². The molecule has 10 heteroatoms. The van der Waals surface area contributed by atoms with Crippen LogP contribution >= 0.6 is 0 Å². The van der Waals surface area contributed by atoms with E-state index in [1.165, 1.54) is 38.5 Å². The first-order chi connectivity index (χ1) is 13.2. The lowest BCUT2D eigenvalue weighted by Crippen LogP contribution is -2.36. The van der Waals surface area contributed by atoms with Crippen LogP contribution in [0.4, 0.5) is 5.69 Å². The molecule has 0 heterocycles. The van der Waals surface area contributed by atoms with Crippen molar-refractivity contribution in [3.8, 4) is 11.5 Å². The highest BCUT2D eigenvalue weighted by Gasteiger charge is 2.18. The van der Waals surface area contributed by atoms with Gasteiger partial charge in [0.05, 0.1) is 25.2 Å². The van der Waals surface area contributed by atoms with Crippen molar-refractivity contribution in [1.82, 2.24) is 5.32 Å². The third-order valence-corrected chi connectivity index (χ3v) is 4.83. The van der Waals surface area contributed by atoms with Crippen LogP contribution in [0.15, 0.2) is 47.4 Å². The summed E-state index contributed by atoms with van der Waals surface area (Å²) in [5.41, 5.74) is 0.975. The Labute approximate surface area is 162 Å². The number of amides is 2. The van der Waals surface area contributed by atoms with Gasteiger partial charge in [-0.3, -0.25) is 9.59 Å². The monoisotopic (exact) mass is 407 g/mol. The van der Waals surface area contributed by atoms with Crippen molar-refractivity contribution in [2.45, 2.75) is 17.9 Å². The number of methoxy groups -OCH3 is 2. The Morgan fingerprint density at radius 2 is 1.57 bits per heavy atom. The molecule has 0 aliphatic carbocycles. The fraction of sp³-hybridized carbons (Fsp3) is 0.222. The minimum Gasteiger partial charge on any atom is -0.493 e. The highest BCUT2D eigenvalue weighted by Crippen LogP contribution is 2.29. The van der Waals surface area contributed by atoms with Gasteiger partial charge < -0.3 is 20.1 Å². The molecule has 2 rings (SSSR count). The van der Waals surface area contributed by atoms with Crippen LogP contribution in [0.25, 0.3) is 0 Å². The van der Waals surface area contributed by atoms with Gasteiger partial charge in [0.2, 0.25) is 10.0 Å². The lowest BCUT2D eigenvalue weighted by molar-refractivity contribution is -0.136. The van der Waals surface area contributed by atoms with Crippen LogP contribution < -0.4 is 25.2 Å². The number of benzene rings is 2. The molecule has 150 valence electrons. The second-order valence-electron chi connectivity index (χ2n) is 5.83. The maximum atomic E-state index is 12.1. The van der Waals surface area contributed by atoms with Gasteiger partial charge in [-0.05, 0) is 48.9 Å². The SMILES string of the molecule is COc1ccc(C(C)NC(=O)C(=O)Nc2ccc(S(N)(=O)=O)cc2)cc1OC. The first-order valence-corrected chi connectivity index (χ1v) is 9.67. The van der Waals surface area contributed by atoms with Crippen molar-refractivity contribution >= 4 is 27.5 Å². The van der Waals surface area contributed by atoms with Gasteiger partial charge in [-0.25, -0.2) is 13.6 Å². The number of nitrogens with two attached hydrogens (primary N) is 1. The summed E-state index contributed by atoms with van der Waals surface area (Å²) in [6.45, 7) is 1.72. The molecule has 2 aromatic carbocycles. The third-order valence-electron chi connectivity index (χ3n) is 3.90. The molecule has 1 atom stereocenters. The molecule has 0 aliphatic rings. The van der Waals surface area contributed by atoms with E-state index in [4.69, 9.17) is 14.6 Å². The summed E-state index contributed by atoms with van der Waals surface area (Å²) >= 11 is 0. The van der Waals surface area contributed by atoms with Crippen molar-refractivity contribution < 1.29 is 27.5 Å². The van der Waals surface area contributed by atoms with Crippen molar-refractivity contribution in [3.63, 3.8) is 0 Å². The van der Waals surface area contributed by atoms with Crippen LogP contribution in [-0.2, 0) is 19.6 Å². The fourth-order valence-electron chi connectivity index (χ4n) is 2.38. The molecular formula is C18H21N3O6S. The average molecular weight is 407 g/mol. The van der Waals surface area contributed by atoms with Gasteiger partial charge in [-0.2, -0.15) is 0 Å². The maximum absolute atomic E-state index is 12.1. The third kappa shape index (κ3) is 5.21. The number of nitrogens with one attached hydrogen (secondary N) is 2. The number of rotatable bonds is 6. The molecule has 0 fully saturated rings. The molecule has 0 bridgehead atoms. The van der Waals surface area contributed by atoms with Gasteiger partial charge in [0.15, 0.2) is 11.5 Å². The summed E-state index contributed by atoms with van der Waals surface area (Å²) in [4.78, 5) is 24.1. The molecule has 0 radical (unpaired) electrons. The number of hydrogen-bond acceptors (Lipinski definition) is 6. The Balaban J connectivity index is 2.03. The Bertz CT molecular complexity index is 973. The summed E-state index contributed by atoms with van der Waals surface area (Å²) in [5.74, 6) is -0.695. The van der Waals surface area contributed by atoms with E-state index in [1.54, 1.807) is 25.1 Å². The summed E-state index contributed by atoms with van der Waals surface area (Å²) in [7, 11) is -0.817. The molecule has 0 saturated heterocycles. The first-order valence-electron chi connectivity index (χ1n) is 8.12. The summed E-state index contributed by atoms with van der Waals surface area (Å²) < 4.78 is 32.8. The summed E-state index contributed by atoms with van der Waals surface area (Å²) in [6.07, 6.45) is 0. The molecule has 0 aromatic heterocycles. The van der Waals surface area contributed by atoms with Crippen LogP contribution in [0.1, 0.15) is 18.5 Å². The Morgan fingerprint density at radius 3 is 2.11 bits per heavy atom. The van der Waals surface area contributed by atoms with E-state index in [1.807, 2.05) is 0 Å². The summed E-state index contributed by atoms with van der Waals surface area (Å²) in [5, 5.41) is 9.97. The van der Waals surface area contributed by atoms with Crippen LogP contribution in [0.3, 0.4) is 0 Å². The van der Waals surface area contributed by atoms with Crippen LogP contribution in [0.2, 0.25) is 0 Å². The Morgan fingerprint density at radius 1 is 0.964 bits per heavy atom. The van der Waals surface area contributed by atoms with E-state index < -0.39 is 27.9 Å². The normalized spacial score (nSPS) is 12.0. The zero-order valence-electron chi connectivity index (χ0n) is 15.6. The molecule has 28 heavy (non-hydrogen) atoms. The molecule has 4 N–H and O–H groups in total. The fourth-order valence-corrected chi connectivity index (χ4v) is 2.90. The zero-order valence-corrected chi connectivity index (χ0v) is 16.4. The Kier molecular flexibility index (Phi) is 6.60. The highest BCUT2D eigenvalue weighted by atomic mass is 32.2. The maximum Gasteiger partial charge on any atom is 0.313 e. The second kappa shape index (κ2) is 8.72. The van der Waals surface area contributed by atoms with Gasteiger partial charge in [-0.15, -0.1) is 0 Å². The number of primary sulfonamides is 1. The lowest BCUT2D eigenvalue weighted by atomic mass is 10.1. The van der Waals surface area contributed by atoms with E-state index >= 15 is 0 Å². The van der Waals surface area contributed by atoms with E-state index in [0.717, 1.165) is 5.56 Å². The van der Waals surface area contributed by atoms with Crippen LogP contribution in [0, 0.1) is 0 Å². The minimum atomic E-state index is -3.83. The predicted octanol–water partition coefficient (Wildman–Crippen LogP) is 1.17. The van der Waals surface area contributed by atoms with Crippen LogP contribution in [-0.4, -0.2) is 34.5 Å². The predicted molar refractivity (Wildman–Crippen MR) is 103 cm³/mol. The van der Waals surface area contributed by atoms with Crippen molar-refractivity contribution in [1.29, 1.82) is 0 Å². The molecule has 0 aliphatic heterocycles. The number of hydrogen-bond donors (Lipinski definition) is 3. The zero-order chi connectivity index (χ0) is 20.9. The quantitative estimate of drug-likeness (QED) is 0.615. The Hall–Kier alpha value is -3.11. The van der Waals surface area contributed by atoms with Crippen molar-refractivity contribution in [2.24, 2.45) is 5.14 Å². The van der Waals surface area contributed by atoms with Gasteiger partial charge >= 0.3 is 11.8 Å². The first kappa shape index (κ1) is 21.2. The van der Waals surface area contributed by atoms with Gasteiger partial charge in [0.1, 0.15) is 0 Å². The topological polar surface area (TPSA) is 137 Å². The number of carbonyl (C=O) groups is 2. The molecule has 0 saturated carbocycles. The number of sulfonamides is 1. The van der Waals surface area contributed by atoms with Crippen LogP contribution in [0.5, 0.6) is 11.5 Å². The molecule has 2 aromatic rings. The van der Waals surface area contributed by atoms with Crippen molar-refractivity contribution in [3.05, 3.63) is 48.0 Å². The van der Waals surface area contributed by atoms with Gasteiger partial charge in [0, 0.05) is 5.69 Å². The van der Waals surface area contributed by atoms with E-state index in [-0.39, 0.29) is 10.6 Å². The smallest absolute Gasteiger partial charge is 0.313 e. The number of anilines is 1. The lowest BCUT2D eigenvalue weighted by Gasteiger charge is -2.16. The molecule has 1 unspecified atom stereocenters. The summed E-state index contributed by atoms with van der Waals surface area (Å²) in [6, 6.07) is 9.81. The largest absolute Gasteiger partial charge is 0.493 e. The standard InChI is InChI=1S/C18H21N3O6S/c1-11(12-4-9-15(26-2)16(10-12)27-3)20-17(22)18(23)21-13-5-7-14(8-6-13)28(19,24)25/h4-11H,1-3H3,(H,20,22)(H,21,23)(H2,19,24,25). The second-order valence-corrected chi connectivity index (χ2v) is 7.39. The average Bonchev–Trinajstić information content (AvgIpc) is 2.66. The highest BCUT2D eigenvalue weighted by molar-refractivity contribution is 7.89. The number of carbonyl (C=O) groups excluding carboxylic acids is 2. The van der Waals surface area contributed by atoms with E-state index in [2.05, 4.69) is 10.6 Å². The molecule has 9 nitrogen and oxygen atoms in total. The van der Waals surface area contributed by atoms with Gasteiger partial charge in [-0.1, -0.05) is 6.07 Å². The van der Waals surface area contributed by atoms with E-state index in [9.17, 15) is 18.0 Å². The number of ether oxygens (including phenoxy) is 2. The van der Waals surface area contributed by atoms with Crippen molar-refractivity contribution in [2.75, 3.05) is 19.5 Å². The molecular weight excluding hydrogens is 386 g/mol. The van der Waals surface area contributed by atoms with E-state index in [0.29, 0.717) is 11.5 Å². The molecule has 0 spiro atoms. The molecule has 2 amide bonds.